The maximum Gasteiger partial charge on any atom is 0.128 e. The Kier molecular flexibility index (Phi) is 2.11. The van der Waals surface area contributed by atoms with Crippen molar-refractivity contribution >= 4 is 0 Å². The molecule has 0 fully saturated rings. The Morgan fingerprint density at radius 3 is 2.38 bits per heavy atom. The van der Waals surface area contributed by atoms with Gasteiger partial charge in [0.15, 0.2) is 0 Å². The van der Waals surface area contributed by atoms with Crippen LogP contribution in [0.15, 0.2) is 0 Å². The van der Waals surface area contributed by atoms with Crippen LogP contribution in [0, 0.1) is 6.92 Å². The van der Waals surface area contributed by atoms with Crippen molar-refractivity contribution in [3.05, 3.63) is 22.3 Å². The maximum absolute atomic E-state index is 6.07. The zero-order chi connectivity index (χ0) is 11.3. The van der Waals surface area contributed by atoms with Crippen molar-refractivity contribution in [3.63, 3.8) is 0 Å². The minimum Gasteiger partial charge on any atom is -0.493 e. The molecule has 0 radical (unpaired) electrons. The fourth-order valence-corrected chi connectivity index (χ4v) is 2.86. The van der Waals surface area contributed by atoms with Crippen molar-refractivity contribution in [2.24, 2.45) is 5.73 Å². The molecule has 3 rings (SSSR count). The predicted molar refractivity (Wildman–Crippen MR) is 62.2 cm³/mol. The molecular formula is C13H17NO2. The lowest BCUT2D eigenvalue weighted by atomic mass is 9.92. The van der Waals surface area contributed by atoms with Gasteiger partial charge in [0.1, 0.15) is 11.5 Å². The van der Waals surface area contributed by atoms with Gasteiger partial charge in [0.25, 0.3) is 0 Å². The Bertz CT molecular complexity index is 417. The van der Waals surface area contributed by atoms with E-state index in [1.165, 1.54) is 22.3 Å². The fraction of sp³-hybridized carbons (Fsp3) is 0.538. The monoisotopic (exact) mass is 219 g/mol. The molecule has 0 spiro atoms. The van der Waals surface area contributed by atoms with E-state index in [-0.39, 0.29) is 6.04 Å². The topological polar surface area (TPSA) is 44.5 Å². The average molecular weight is 219 g/mol. The first-order chi connectivity index (χ1) is 7.70. The van der Waals surface area contributed by atoms with Crippen molar-refractivity contribution in [1.82, 2.24) is 0 Å². The van der Waals surface area contributed by atoms with Gasteiger partial charge in [-0.25, -0.2) is 0 Å². The van der Waals surface area contributed by atoms with Gasteiger partial charge in [0.05, 0.1) is 13.2 Å². The summed E-state index contributed by atoms with van der Waals surface area (Å²) in [6.07, 6.45) is 1.95. The van der Waals surface area contributed by atoms with Crippen LogP contribution >= 0.6 is 0 Å². The van der Waals surface area contributed by atoms with E-state index in [1.54, 1.807) is 0 Å². The lowest BCUT2D eigenvalue weighted by molar-refractivity contribution is 0.351. The number of nitrogens with two attached hydrogens (primary N) is 1. The lowest BCUT2D eigenvalue weighted by Crippen LogP contribution is -2.10. The molecule has 2 aliphatic rings. The number of benzene rings is 1. The first-order valence-corrected chi connectivity index (χ1v) is 5.89. The summed E-state index contributed by atoms with van der Waals surface area (Å²) < 4.78 is 11.5. The Balaban J connectivity index is 2.31. The quantitative estimate of drug-likeness (QED) is 0.784. The molecule has 0 saturated heterocycles. The summed E-state index contributed by atoms with van der Waals surface area (Å²) in [5.41, 5.74) is 11.1. The van der Waals surface area contributed by atoms with Gasteiger partial charge in [0.2, 0.25) is 0 Å². The van der Waals surface area contributed by atoms with Gasteiger partial charge in [-0.15, -0.1) is 0 Å². The molecule has 3 nitrogen and oxygen atoms in total. The highest BCUT2D eigenvalue weighted by Crippen LogP contribution is 2.45. The molecule has 0 bridgehead atoms. The van der Waals surface area contributed by atoms with E-state index in [0.717, 1.165) is 37.6 Å². The normalized spacial score (nSPS) is 18.7. The van der Waals surface area contributed by atoms with Crippen LogP contribution < -0.4 is 15.2 Å². The number of fused-ring (bicyclic) bond motifs is 2. The van der Waals surface area contributed by atoms with Crippen molar-refractivity contribution < 1.29 is 9.47 Å². The van der Waals surface area contributed by atoms with Crippen LogP contribution in [0.1, 0.15) is 35.2 Å². The molecule has 0 aliphatic carbocycles. The number of hydrogen-bond donors (Lipinski definition) is 1. The summed E-state index contributed by atoms with van der Waals surface area (Å²) in [7, 11) is 0. The third-order valence-electron chi connectivity index (χ3n) is 3.56. The number of hydrogen-bond acceptors (Lipinski definition) is 3. The van der Waals surface area contributed by atoms with Crippen LogP contribution in [0.3, 0.4) is 0 Å². The molecular weight excluding hydrogens is 202 g/mol. The maximum atomic E-state index is 6.07. The molecule has 3 heteroatoms. The van der Waals surface area contributed by atoms with Crippen LogP contribution in [0.25, 0.3) is 0 Å². The summed E-state index contributed by atoms with van der Waals surface area (Å²) in [5.74, 6) is 2.10. The molecule has 16 heavy (non-hydrogen) atoms. The number of ether oxygens (including phenoxy) is 2. The van der Waals surface area contributed by atoms with Gasteiger partial charge in [-0.2, -0.15) is 0 Å². The highest BCUT2D eigenvalue weighted by molar-refractivity contribution is 5.62. The first kappa shape index (κ1) is 9.97. The molecule has 2 heterocycles. The van der Waals surface area contributed by atoms with Crippen LogP contribution in [0.5, 0.6) is 11.5 Å². The summed E-state index contributed by atoms with van der Waals surface area (Å²) in [5, 5.41) is 0. The van der Waals surface area contributed by atoms with Crippen LogP contribution in [-0.2, 0) is 12.8 Å². The molecule has 2 aliphatic heterocycles. The minimum atomic E-state index is 0.0166. The van der Waals surface area contributed by atoms with Gasteiger partial charge in [0, 0.05) is 35.6 Å². The van der Waals surface area contributed by atoms with E-state index >= 15 is 0 Å². The lowest BCUT2D eigenvalue weighted by Gasteiger charge is -2.17. The fourth-order valence-electron chi connectivity index (χ4n) is 2.86. The second-order valence-electron chi connectivity index (χ2n) is 4.64. The van der Waals surface area contributed by atoms with E-state index in [1.807, 2.05) is 6.92 Å². The highest BCUT2D eigenvalue weighted by Gasteiger charge is 2.30. The molecule has 1 unspecified atom stereocenters. The van der Waals surface area contributed by atoms with E-state index < -0.39 is 0 Å². The first-order valence-electron chi connectivity index (χ1n) is 5.89. The van der Waals surface area contributed by atoms with E-state index in [0.29, 0.717) is 0 Å². The average Bonchev–Trinajstić information content (AvgIpc) is 2.84. The van der Waals surface area contributed by atoms with E-state index in [4.69, 9.17) is 15.2 Å². The molecule has 0 amide bonds. The van der Waals surface area contributed by atoms with Gasteiger partial charge < -0.3 is 15.2 Å². The smallest absolute Gasteiger partial charge is 0.128 e. The molecule has 1 aromatic carbocycles. The second kappa shape index (κ2) is 3.39. The summed E-state index contributed by atoms with van der Waals surface area (Å²) in [6.45, 7) is 5.70. The SMILES string of the molecule is Cc1c2c(c(C(C)N)c3c1OCC3)OCC2. The molecule has 1 atom stereocenters. The van der Waals surface area contributed by atoms with Crippen molar-refractivity contribution in [2.45, 2.75) is 32.7 Å². The molecule has 86 valence electrons. The Morgan fingerprint density at radius 2 is 1.69 bits per heavy atom. The van der Waals surface area contributed by atoms with Crippen LogP contribution in [-0.4, -0.2) is 13.2 Å². The standard InChI is InChI=1S/C13H17NO2/c1-7-9-3-5-16-13(9)11(8(2)14)10-4-6-15-12(7)10/h8H,3-6,14H2,1-2H3. The zero-order valence-electron chi connectivity index (χ0n) is 9.80. The molecule has 0 aromatic heterocycles. The summed E-state index contributed by atoms with van der Waals surface area (Å²) in [6, 6.07) is 0.0166. The largest absolute Gasteiger partial charge is 0.493 e. The number of rotatable bonds is 1. The minimum absolute atomic E-state index is 0.0166. The Morgan fingerprint density at radius 1 is 1.06 bits per heavy atom. The third-order valence-corrected chi connectivity index (χ3v) is 3.56. The van der Waals surface area contributed by atoms with Crippen molar-refractivity contribution in [1.29, 1.82) is 0 Å². The van der Waals surface area contributed by atoms with Crippen LogP contribution in [0.4, 0.5) is 0 Å². The molecule has 2 N–H and O–H groups in total. The Hall–Kier alpha value is -1.22. The van der Waals surface area contributed by atoms with E-state index in [9.17, 15) is 0 Å². The third kappa shape index (κ3) is 1.18. The summed E-state index contributed by atoms with van der Waals surface area (Å²) >= 11 is 0. The summed E-state index contributed by atoms with van der Waals surface area (Å²) in [4.78, 5) is 0. The predicted octanol–water partition coefficient (Wildman–Crippen LogP) is 1.88. The van der Waals surface area contributed by atoms with Gasteiger partial charge >= 0.3 is 0 Å². The van der Waals surface area contributed by atoms with Crippen molar-refractivity contribution in [3.8, 4) is 11.5 Å². The zero-order valence-corrected chi connectivity index (χ0v) is 9.80. The van der Waals surface area contributed by atoms with Crippen LogP contribution in [0.2, 0.25) is 0 Å². The highest BCUT2D eigenvalue weighted by atomic mass is 16.5. The van der Waals surface area contributed by atoms with Crippen molar-refractivity contribution in [2.75, 3.05) is 13.2 Å². The van der Waals surface area contributed by atoms with Gasteiger partial charge in [-0.05, 0) is 19.4 Å². The molecule has 1 aromatic rings. The van der Waals surface area contributed by atoms with E-state index in [2.05, 4.69) is 6.92 Å². The van der Waals surface area contributed by atoms with Gasteiger partial charge in [-0.1, -0.05) is 0 Å². The molecule has 0 saturated carbocycles. The van der Waals surface area contributed by atoms with Gasteiger partial charge in [-0.3, -0.25) is 0 Å². The second-order valence-corrected chi connectivity index (χ2v) is 4.64. The Labute approximate surface area is 95.5 Å².